The predicted octanol–water partition coefficient (Wildman–Crippen LogP) is 5.80. The second kappa shape index (κ2) is 12.3. The number of ether oxygens (including phenoxy) is 1. The van der Waals surface area contributed by atoms with Gasteiger partial charge < -0.3 is 19.8 Å². The molecule has 0 spiro atoms. The SMILES string of the molecule is COc1ccc2ncc(F)c(C(O)CCC3(CC(=O)O)CCN(CCCc4c(F)cc(F)cc4F)CC3)c2c1. The largest absolute Gasteiger partial charge is 0.497 e. The number of likely N-dealkylation sites (tertiary alicyclic amines) is 1. The summed E-state index contributed by atoms with van der Waals surface area (Å²) in [4.78, 5) is 17.9. The number of pyridine rings is 1. The number of hydrogen-bond donors (Lipinski definition) is 2. The van der Waals surface area contributed by atoms with Gasteiger partial charge in [0, 0.05) is 28.6 Å². The van der Waals surface area contributed by atoms with Crippen LogP contribution in [-0.2, 0) is 11.2 Å². The number of benzene rings is 2. The van der Waals surface area contributed by atoms with Crippen molar-refractivity contribution in [3.8, 4) is 5.75 Å². The number of aliphatic carboxylic acids is 1. The Bertz CT molecular complexity index is 1310. The van der Waals surface area contributed by atoms with E-state index in [4.69, 9.17) is 4.74 Å². The maximum atomic E-state index is 14.8. The first kappa shape index (κ1) is 28.8. The number of aliphatic hydroxyl groups excluding tert-OH is 1. The average molecular weight is 549 g/mol. The monoisotopic (exact) mass is 548 g/mol. The molecule has 10 heteroatoms. The van der Waals surface area contributed by atoms with Crippen molar-refractivity contribution < 1.29 is 37.3 Å². The Morgan fingerprint density at radius 2 is 1.79 bits per heavy atom. The Morgan fingerprint density at radius 1 is 1.10 bits per heavy atom. The number of aliphatic hydroxyl groups is 1. The van der Waals surface area contributed by atoms with Crippen molar-refractivity contribution in [2.45, 2.75) is 51.0 Å². The maximum absolute atomic E-state index is 14.8. The number of fused-ring (bicyclic) bond motifs is 1. The maximum Gasteiger partial charge on any atom is 0.303 e. The predicted molar refractivity (Wildman–Crippen MR) is 137 cm³/mol. The molecular formula is C29H32F4N2O4. The zero-order valence-corrected chi connectivity index (χ0v) is 21.7. The van der Waals surface area contributed by atoms with Crippen molar-refractivity contribution in [3.05, 3.63) is 70.9 Å². The van der Waals surface area contributed by atoms with Crippen LogP contribution >= 0.6 is 0 Å². The van der Waals surface area contributed by atoms with Crippen molar-refractivity contribution in [1.29, 1.82) is 0 Å². The first-order chi connectivity index (χ1) is 18.6. The molecule has 1 aromatic heterocycles. The molecule has 1 saturated heterocycles. The number of carboxylic acids is 1. The van der Waals surface area contributed by atoms with Crippen LogP contribution in [0, 0.1) is 28.7 Å². The Balaban J connectivity index is 1.39. The van der Waals surface area contributed by atoms with Gasteiger partial charge in [0.05, 0.1) is 31.3 Å². The van der Waals surface area contributed by atoms with Crippen molar-refractivity contribution >= 4 is 16.9 Å². The Morgan fingerprint density at radius 3 is 2.44 bits per heavy atom. The first-order valence-electron chi connectivity index (χ1n) is 13.0. The number of hydrogen-bond acceptors (Lipinski definition) is 5. The van der Waals surface area contributed by atoms with Crippen LogP contribution in [0.25, 0.3) is 10.9 Å². The quantitative estimate of drug-likeness (QED) is 0.295. The van der Waals surface area contributed by atoms with E-state index in [0.717, 1.165) is 6.20 Å². The van der Waals surface area contributed by atoms with Gasteiger partial charge in [-0.15, -0.1) is 0 Å². The van der Waals surface area contributed by atoms with Gasteiger partial charge in [0.15, 0.2) is 0 Å². The highest BCUT2D eigenvalue weighted by atomic mass is 19.1. The molecule has 0 radical (unpaired) electrons. The lowest BCUT2D eigenvalue weighted by molar-refractivity contribution is -0.141. The van der Waals surface area contributed by atoms with Crippen LogP contribution in [0.5, 0.6) is 5.75 Å². The van der Waals surface area contributed by atoms with Crippen molar-refractivity contribution in [1.82, 2.24) is 9.88 Å². The molecule has 0 saturated carbocycles. The summed E-state index contributed by atoms with van der Waals surface area (Å²) in [5.74, 6) is -3.83. The van der Waals surface area contributed by atoms with Crippen LogP contribution in [-0.4, -0.2) is 52.8 Å². The number of piperidine rings is 1. The third-order valence-electron chi connectivity index (χ3n) is 7.80. The van der Waals surface area contributed by atoms with E-state index in [-0.39, 0.29) is 30.4 Å². The summed E-state index contributed by atoms with van der Waals surface area (Å²) in [7, 11) is 1.49. The molecule has 6 nitrogen and oxygen atoms in total. The van der Waals surface area contributed by atoms with Crippen molar-refractivity contribution in [2.75, 3.05) is 26.7 Å². The van der Waals surface area contributed by atoms with Gasteiger partial charge in [-0.1, -0.05) is 0 Å². The Hall–Kier alpha value is -3.24. The van der Waals surface area contributed by atoms with Gasteiger partial charge >= 0.3 is 5.97 Å². The molecule has 2 aromatic carbocycles. The highest BCUT2D eigenvalue weighted by molar-refractivity contribution is 5.84. The Labute approximate surface area is 224 Å². The highest BCUT2D eigenvalue weighted by Gasteiger charge is 2.37. The fourth-order valence-electron chi connectivity index (χ4n) is 5.60. The standard InChI is InChI=1S/C29H32F4N2O4/c1-39-19-4-5-25-21(15-19)28(24(33)17-34-25)26(36)6-7-29(16-27(37)38)8-11-35(12-9-29)10-2-3-20-22(31)13-18(30)14-23(20)32/h4-5,13-15,17,26,36H,2-3,6-12,16H2,1H3,(H,37,38). The van der Waals surface area contributed by atoms with Gasteiger partial charge in [-0.2, -0.15) is 0 Å². The molecule has 2 heterocycles. The lowest BCUT2D eigenvalue weighted by Gasteiger charge is -2.41. The fourth-order valence-corrected chi connectivity index (χ4v) is 5.60. The molecular weight excluding hydrogens is 516 g/mol. The first-order valence-corrected chi connectivity index (χ1v) is 13.0. The molecule has 1 aliphatic heterocycles. The van der Waals surface area contributed by atoms with E-state index in [9.17, 15) is 32.6 Å². The summed E-state index contributed by atoms with van der Waals surface area (Å²) in [6.45, 7) is 1.72. The van der Waals surface area contributed by atoms with Gasteiger partial charge in [0.1, 0.15) is 29.0 Å². The van der Waals surface area contributed by atoms with Crippen molar-refractivity contribution in [3.63, 3.8) is 0 Å². The third-order valence-corrected chi connectivity index (χ3v) is 7.80. The zero-order chi connectivity index (χ0) is 28.2. The van der Waals surface area contributed by atoms with Gasteiger partial charge in [0.2, 0.25) is 0 Å². The van der Waals surface area contributed by atoms with Gasteiger partial charge in [0.25, 0.3) is 0 Å². The van der Waals surface area contributed by atoms with E-state index >= 15 is 0 Å². The molecule has 0 aliphatic carbocycles. The fraction of sp³-hybridized carbons (Fsp3) is 0.448. The number of carbonyl (C=O) groups is 1. The summed E-state index contributed by atoms with van der Waals surface area (Å²) in [5.41, 5.74) is -0.0893. The van der Waals surface area contributed by atoms with Crippen LogP contribution in [0.1, 0.15) is 55.8 Å². The number of aromatic nitrogens is 1. The van der Waals surface area contributed by atoms with E-state index < -0.39 is 40.8 Å². The van der Waals surface area contributed by atoms with E-state index in [1.807, 2.05) is 0 Å². The molecule has 0 bridgehead atoms. The molecule has 1 unspecified atom stereocenters. The lowest BCUT2D eigenvalue weighted by Crippen LogP contribution is -2.41. The highest BCUT2D eigenvalue weighted by Crippen LogP contribution is 2.42. The summed E-state index contributed by atoms with van der Waals surface area (Å²) in [6.07, 6.45) is 2.08. The van der Waals surface area contributed by atoms with E-state index in [2.05, 4.69) is 9.88 Å². The number of carboxylic acid groups (broad SMARTS) is 1. The number of rotatable bonds is 11. The van der Waals surface area contributed by atoms with Crippen LogP contribution < -0.4 is 4.74 Å². The van der Waals surface area contributed by atoms with Gasteiger partial charge in [-0.05, 0) is 81.8 Å². The van der Waals surface area contributed by atoms with Gasteiger partial charge in [-0.3, -0.25) is 9.78 Å². The van der Waals surface area contributed by atoms with Crippen LogP contribution in [0.2, 0.25) is 0 Å². The number of methoxy groups -OCH3 is 1. The molecule has 3 aromatic rings. The molecule has 2 N–H and O–H groups in total. The molecule has 4 rings (SSSR count). The Kier molecular flexibility index (Phi) is 9.07. The molecule has 1 fully saturated rings. The molecule has 1 aliphatic rings. The van der Waals surface area contributed by atoms with E-state index in [1.54, 1.807) is 18.2 Å². The van der Waals surface area contributed by atoms with Crippen LogP contribution in [0.4, 0.5) is 17.6 Å². The minimum Gasteiger partial charge on any atom is -0.497 e. The zero-order valence-electron chi connectivity index (χ0n) is 21.7. The minimum atomic E-state index is -1.16. The second-order valence-corrected chi connectivity index (χ2v) is 10.3. The third kappa shape index (κ3) is 6.86. The summed E-state index contributed by atoms with van der Waals surface area (Å²) < 4.78 is 61.0. The molecule has 210 valence electrons. The summed E-state index contributed by atoms with van der Waals surface area (Å²) in [5, 5.41) is 21.1. The van der Waals surface area contributed by atoms with Gasteiger partial charge in [-0.25, -0.2) is 17.6 Å². The topological polar surface area (TPSA) is 82.9 Å². The average Bonchev–Trinajstić information content (AvgIpc) is 2.89. The number of halogens is 4. The smallest absolute Gasteiger partial charge is 0.303 e. The summed E-state index contributed by atoms with van der Waals surface area (Å²) >= 11 is 0. The molecule has 1 atom stereocenters. The van der Waals surface area contributed by atoms with Crippen molar-refractivity contribution in [2.24, 2.45) is 5.41 Å². The molecule has 39 heavy (non-hydrogen) atoms. The molecule has 0 amide bonds. The van der Waals surface area contributed by atoms with E-state index in [0.29, 0.717) is 74.1 Å². The normalized spacial score (nSPS) is 16.4. The minimum absolute atomic E-state index is 0.0764. The second-order valence-electron chi connectivity index (χ2n) is 10.3. The van der Waals surface area contributed by atoms with Crippen LogP contribution in [0.15, 0.2) is 36.5 Å². The lowest BCUT2D eigenvalue weighted by atomic mass is 9.71. The number of nitrogens with zero attached hydrogens (tertiary/aromatic N) is 2. The van der Waals surface area contributed by atoms with E-state index in [1.165, 1.54) is 7.11 Å². The summed E-state index contributed by atoms with van der Waals surface area (Å²) in [6, 6.07) is 6.35. The van der Waals surface area contributed by atoms with Crippen LogP contribution in [0.3, 0.4) is 0 Å².